The van der Waals surface area contributed by atoms with E-state index in [1.807, 2.05) is 13.8 Å². The lowest BCUT2D eigenvalue weighted by molar-refractivity contribution is 0.392. The SMILES string of the molecule is Cc1noc(C)c1CNCc1ccc2c(c1)CCN2C. The van der Waals surface area contributed by atoms with Crippen LogP contribution in [0, 0.1) is 13.8 Å². The van der Waals surface area contributed by atoms with E-state index in [0.29, 0.717) is 0 Å². The van der Waals surface area contributed by atoms with Gasteiger partial charge in [-0.1, -0.05) is 17.3 Å². The molecule has 3 rings (SSSR count). The van der Waals surface area contributed by atoms with Crippen molar-refractivity contribution in [2.75, 3.05) is 18.5 Å². The Labute approximate surface area is 119 Å². The Morgan fingerprint density at radius 1 is 1.30 bits per heavy atom. The summed E-state index contributed by atoms with van der Waals surface area (Å²) in [5.74, 6) is 0.908. The van der Waals surface area contributed by atoms with Gasteiger partial charge in [0.2, 0.25) is 0 Å². The number of aryl methyl sites for hydroxylation is 2. The minimum Gasteiger partial charge on any atom is -0.374 e. The van der Waals surface area contributed by atoms with Crippen LogP contribution in [0.2, 0.25) is 0 Å². The molecule has 0 unspecified atom stereocenters. The predicted octanol–water partition coefficient (Wildman–Crippen LogP) is 2.57. The smallest absolute Gasteiger partial charge is 0.138 e. The summed E-state index contributed by atoms with van der Waals surface area (Å²) >= 11 is 0. The zero-order valence-corrected chi connectivity index (χ0v) is 12.4. The zero-order chi connectivity index (χ0) is 14.1. The highest BCUT2D eigenvalue weighted by Crippen LogP contribution is 2.27. The number of nitrogens with one attached hydrogen (secondary N) is 1. The van der Waals surface area contributed by atoms with Crippen LogP contribution in [0.25, 0.3) is 0 Å². The molecule has 0 saturated heterocycles. The Morgan fingerprint density at radius 2 is 2.15 bits per heavy atom. The molecule has 0 fully saturated rings. The molecule has 0 aliphatic carbocycles. The van der Waals surface area contributed by atoms with E-state index in [1.54, 1.807) is 0 Å². The van der Waals surface area contributed by atoms with Crippen molar-refractivity contribution in [1.29, 1.82) is 0 Å². The van der Waals surface area contributed by atoms with Gasteiger partial charge in [-0.05, 0) is 37.5 Å². The third kappa shape index (κ3) is 2.43. The molecule has 0 saturated carbocycles. The van der Waals surface area contributed by atoms with Crippen molar-refractivity contribution in [3.63, 3.8) is 0 Å². The molecule has 0 atom stereocenters. The number of hydrogen-bond acceptors (Lipinski definition) is 4. The first-order valence-electron chi connectivity index (χ1n) is 7.10. The molecule has 0 bridgehead atoms. The molecule has 4 nitrogen and oxygen atoms in total. The molecule has 0 radical (unpaired) electrons. The first-order chi connectivity index (χ1) is 9.65. The Morgan fingerprint density at radius 3 is 2.90 bits per heavy atom. The largest absolute Gasteiger partial charge is 0.374 e. The number of anilines is 1. The molecule has 4 heteroatoms. The van der Waals surface area contributed by atoms with Crippen molar-refractivity contribution < 1.29 is 4.52 Å². The Kier molecular flexibility index (Phi) is 3.49. The lowest BCUT2D eigenvalue weighted by Gasteiger charge is -2.12. The van der Waals surface area contributed by atoms with Gasteiger partial charge in [0.25, 0.3) is 0 Å². The van der Waals surface area contributed by atoms with Crippen LogP contribution < -0.4 is 10.2 Å². The van der Waals surface area contributed by atoms with Crippen molar-refractivity contribution in [1.82, 2.24) is 10.5 Å². The fourth-order valence-corrected chi connectivity index (χ4v) is 2.82. The van der Waals surface area contributed by atoms with Crippen LogP contribution in [0.5, 0.6) is 0 Å². The minimum atomic E-state index is 0.804. The van der Waals surface area contributed by atoms with E-state index in [-0.39, 0.29) is 0 Å². The van der Waals surface area contributed by atoms with Gasteiger partial charge in [-0.15, -0.1) is 0 Å². The second kappa shape index (κ2) is 5.29. The normalized spacial score (nSPS) is 13.8. The van der Waals surface area contributed by atoms with Crippen molar-refractivity contribution in [2.24, 2.45) is 0 Å². The summed E-state index contributed by atoms with van der Waals surface area (Å²) in [6.07, 6.45) is 1.16. The lowest BCUT2D eigenvalue weighted by atomic mass is 10.1. The molecule has 2 aromatic rings. The highest BCUT2D eigenvalue weighted by molar-refractivity contribution is 5.58. The van der Waals surface area contributed by atoms with Crippen LogP contribution in [0.3, 0.4) is 0 Å². The predicted molar refractivity (Wildman–Crippen MR) is 79.9 cm³/mol. The third-order valence-corrected chi connectivity index (χ3v) is 4.08. The third-order valence-electron chi connectivity index (χ3n) is 4.08. The van der Waals surface area contributed by atoms with Gasteiger partial charge in [-0.25, -0.2) is 0 Å². The molecule has 1 aliphatic rings. The van der Waals surface area contributed by atoms with Crippen LogP contribution in [0.15, 0.2) is 22.7 Å². The molecule has 0 spiro atoms. The van der Waals surface area contributed by atoms with E-state index < -0.39 is 0 Å². The standard InChI is InChI=1S/C16H21N3O/c1-11-15(12(2)20-18-11)10-17-9-13-4-5-16-14(8-13)6-7-19(16)3/h4-5,8,17H,6-7,9-10H2,1-3H3. The number of rotatable bonds is 4. The van der Waals surface area contributed by atoms with E-state index in [1.165, 1.54) is 22.4 Å². The maximum Gasteiger partial charge on any atom is 0.138 e. The molecular formula is C16H21N3O. The first kappa shape index (κ1) is 13.2. The van der Waals surface area contributed by atoms with Crippen LogP contribution in [0.4, 0.5) is 5.69 Å². The van der Waals surface area contributed by atoms with Crippen LogP contribution in [-0.4, -0.2) is 18.7 Å². The molecule has 20 heavy (non-hydrogen) atoms. The van der Waals surface area contributed by atoms with Crippen LogP contribution in [-0.2, 0) is 19.5 Å². The molecule has 1 aromatic carbocycles. The van der Waals surface area contributed by atoms with Crippen molar-refractivity contribution in [3.8, 4) is 0 Å². The summed E-state index contributed by atoms with van der Waals surface area (Å²) in [6.45, 7) is 6.76. The second-order valence-electron chi connectivity index (χ2n) is 5.54. The zero-order valence-electron chi connectivity index (χ0n) is 12.4. The Hall–Kier alpha value is -1.81. The van der Waals surface area contributed by atoms with Gasteiger partial charge in [0.1, 0.15) is 5.76 Å². The molecule has 1 aromatic heterocycles. The van der Waals surface area contributed by atoms with Gasteiger partial charge in [-0.3, -0.25) is 0 Å². The summed E-state index contributed by atoms with van der Waals surface area (Å²) in [4.78, 5) is 2.32. The maximum atomic E-state index is 5.17. The highest BCUT2D eigenvalue weighted by Gasteiger charge is 2.15. The molecule has 2 heterocycles. The number of likely N-dealkylation sites (N-methyl/N-ethyl adjacent to an activating group) is 1. The average molecular weight is 271 g/mol. The minimum absolute atomic E-state index is 0.804. The summed E-state index contributed by atoms with van der Waals surface area (Å²) in [6, 6.07) is 6.76. The van der Waals surface area contributed by atoms with Gasteiger partial charge >= 0.3 is 0 Å². The Bertz CT molecular complexity index is 599. The summed E-state index contributed by atoms with van der Waals surface area (Å²) in [5, 5.41) is 7.45. The summed E-state index contributed by atoms with van der Waals surface area (Å²) in [7, 11) is 2.15. The number of nitrogens with zero attached hydrogens (tertiary/aromatic N) is 2. The monoisotopic (exact) mass is 271 g/mol. The fourth-order valence-electron chi connectivity index (χ4n) is 2.82. The quantitative estimate of drug-likeness (QED) is 0.928. The van der Waals surface area contributed by atoms with Gasteiger partial charge in [-0.2, -0.15) is 0 Å². The first-order valence-corrected chi connectivity index (χ1v) is 7.10. The maximum absolute atomic E-state index is 5.17. The second-order valence-corrected chi connectivity index (χ2v) is 5.54. The fraction of sp³-hybridized carbons (Fsp3) is 0.438. The molecule has 0 amide bonds. The van der Waals surface area contributed by atoms with Gasteiger partial charge in [0, 0.05) is 37.9 Å². The van der Waals surface area contributed by atoms with Gasteiger partial charge in [0.15, 0.2) is 0 Å². The van der Waals surface area contributed by atoms with Gasteiger partial charge in [0.05, 0.1) is 5.69 Å². The molecular weight excluding hydrogens is 250 g/mol. The number of hydrogen-bond donors (Lipinski definition) is 1. The highest BCUT2D eigenvalue weighted by atomic mass is 16.5. The van der Waals surface area contributed by atoms with E-state index >= 15 is 0 Å². The lowest BCUT2D eigenvalue weighted by Crippen LogP contribution is -2.14. The van der Waals surface area contributed by atoms with E-state index in [2.05, 4.69) is 40.6 Å². The summed E-state index contributed by atoms with van der Waals surface area (Å²) in [5.41, 5.74) is 6.32. The van der Waals surface area contributed by atoms with Crippen molar-refractivity contribution >= 4 is 5.69 Å². The topological polar surface area (TPSA) is 41.3 Å². The van der Waals surface area contributed by atoms with Crippen LogP contribution >= 0.6 is 0 Å². The van der Waals surface area contributed by atoms with E-state index in [0.717, 1.165) is 37.5 Å². The van der Waals surface area contributed by atoms with Gasteiger partial charge < -0.3 is 14.7 Å². The van der Waals surface area contributed by atoms with Crippen molar-refractivity contribution in [2.45, 2.75) is 33.4 Å². The molecule has 1 aliphatic heterocycles. The molecule has 106 valence electrons. The van der Waals surface area contributed by atoms with E-state index in [9.17, 15) is 0 Å². The van der Waals surface area contributed by atoms with E-state index in [4.69, 9.17) is 4.52 Å². The Balaban J connectivity index is 1.62. The number of aromatic nitrogens is 1. The number of benzene rings is 1. The average Bonchev–Trinajstić information content (AvgIpc) is 2.96. The summed E-state index contributed by atoms with van der Waals surface area (Å²) < 4.78 is 5.17. The van der Waals surface area contributed by atoms with Crippen LogP contribution in [0.1, 0.15) is 28.1 Å². The van der Waals surface area contributed by atoms with Crippen molar-refractivity contribution in [3.05, 3.63) is 46.3 Å². The number of fused-ring (bicyclic) bond motifs is 1. The molecule has 1 N–H and O–H groups in total.